The zero-order chi connectivity index (χ0) is 45.3. The van der Waals surface area contributed by atoms with E-state index in [1.807, 2.05) is 78.9 Å². The number of pyridine rings is 2. The van der Waals surface area contributed by atoms with Crippen molar-refractivity contribution in [3.05, 3.63) is 116 Å². The summed E-state index contributed by atoms with van der Waals surface area (Å²) < 4.78 is 26.5. The number of aromatic nitrogens is 2. The van der Waals surface area contributed by atoms with Crippen molar-refractivity contribution in [1.82, 2.24) is 20.2 Å². The third-order valence-corrected chi connectivity index (χ3v) is 8.65. The minimum absolute atomic E-state index is 0. The Hall–Kier alpha value is -5.45. The van der Waals surface area contributed by atoms with E-state index in [-0.39, 0.29) is 107 Å². The fraction of sp³-hybridized carbons (Fsp3) is 0.375. The summed E-state index contributed by atoms with van der Waals surface area (Å²) in [5.41, 5.74) is -0.426. The van der Waals surface area contributed by atoms with Crippen LogP contribution in [0.1, 0.15) is 67.4 Å². The molecule has 3 N–H and O–H groups in total. The number of fused-ring (bicyclic) bond motifs is 2. The first kappa shape index (κ1) is 63.6. The van der Waals surface area contributed by atoms with Gasteiger partial charge in [-0.25, -0.2) is 24.4 Å². The Morgan fingerprint density at radius 3 is 1.49 bits per heavy atom. The van der Waals surface area contributed by atoms with Crippen LogP contribution in [-0.2, 0) is 60.3 Å². The van der Waals surface area contributed by atoms with Gasteiger partial charge in [0.15, 0.2) is 0 Å². The number of likely N-dealkylation sites (N-methyl/N-ethyl adjacent to an activating group) is 2. The van der Waals surface area contributed by atoms with Crippen LogP contribution in [0.4, 0.5) is 26.0 Å². The molecule has 2 aromatic heterocycles. The van der Waals surface area contributed by atoms with E-state index in [2.05, 4.69) is 25.9 Å². The monoisotopic (exact) mass is 1060 g/mol. The standard InChI is InChI=1S/C27H31N3O6.C19H25N3O4.CH4.CH3.Pd.2H2S/c1-27(2,3)36-24(31)15-22(30(4)26(33)35-17-19-10-6-5-7-11-19)18-34-25(32)29-23-14-20-12-8-9-13-21(20)16-28-23;1-19(2,3)26-17(23)10-15(20-4)12-25-18(24)22-16-9-13-7-5-6-8-14(13)11-21-16;;;;;/h5-14,16,22H,15,17-18H2,1-4H3,(H,28,29,32);5-9,11,15,20H,10,12H2,1-4H3,(H,21,22,24);1H4;1H3;;2*1H2/q;;;-1;;;/t22-;15-;;;;;/m00...../s1. The van der Waals surface area contributed by atoms with Gasteiger partial charge in [-0.2, -0.15) is 27.0 Å². The summed E-state index contributed by atoms with van der Waals surface area (Å²) in [5.74, 6) is -0.160. The zero-order valence-corrected chi connectivity index (χ0v) is 42.3. The second-order valence-electron chi connectivity index (χ2n) is 16.2. The Bertz CT molecular complexity index is 2300. The molecular formula is C48H67N6O10PdS2-. The number of nitrogens with zero attached hydrogens (tertiary/aromatic N) is 3. The van der Waals surface area contributed by atoms with E-state index in [9.17, 15) is 24.0 Å². The molecule has 0 aliphatic rings. The molecule has 67 heavy (non-hydrogen) atoms. The Balaban J connectivity index is 0. The molecule has 19 heteroatoms. The second kappa shape index (κ2) is 30.8. The minimum Gasteiger partial charge on any atom is -0.460 e. The fourth-order valence-electron chi connectivity index (χ4n) is 5.62. The van der Waals surface area contributed by atoms with Crippen LogP contribution < -0.4 is 16.0 Å². The van der Waals surface area contributed by atoms with E-state index in [1.54, 1.807) is 73.1 Å². The summed E-state index contributed by atoms with van der Waals surface area (Å²) in [6.45, 7) is 10.5. The van der Waals surface area contributed by atoms with Gasteiger partial charge in [-0.05, 0) is 77.1 Å². The first-order chi connectivity index (χ1) is 29.4. The van der Waals surface area contributed by atoms with Crippen molar-refractivity contribution < 1.29 is 68.1 Å². The van der Waals surface area contributed by atoms with Crippen LogP contribution in [0, 0.1) is 7.43 Å². The van der Waals surface area contributed by atoms with Gasteiger partial charge in [0.05, 0.1) is 24.9 Å². The predicted octanol–water partition coefficient (Wildman–Crippen LogP) is 9.56. The molecule has 0 radical (unpaired) electrons. The Morgan fingerprint density at radius 2 is 1.04 bits per heavy atom. The molecule has 0 saturated heterocycles. The maximum absolute atomic E-state index is 12.7. The van der Waals surface area contributed by atoms with E-state index in [1.165, 1.54) is 11.9 Å². The van der Waals surface area contributed by atoms with Crippen molar-refractivity contribution in [1.29, 1.82) is 0 Å². The molecule has 3 amide bonds. The van der Waals surface area contributed by atoms with Crippen LogP contribution in [0.2, 0.25) is 0 Å². The molecule has 372 valence electrons. The van der Waals surface area contributed by atoms with Crippen LogP contribution in [-0.4, -0.2) is 95.7 Å². The van der Waals surface area contributed by atoms with E-state index in [0.717, 1.165) is 27.1 Å². The first-order valence-electron chi connectivity index (χ1n) is 20.0. The van der Waals surface area contributed by atoms with E-state index < -0.39 is 41.5 Å². The van der Waals surface area contributed by atoms with Crippen molar-refractivity contribution in [3.8, 4) is 0 Å². The molecule has 0 spiro atoms. The van der Waals surface area contributed by atoms with Crippen molar-refractivity contribution >= 4 is 90.4 Å². The summed E-state index contributed by atoms with van der Waals surface area (Å²) >= 11 is 0. The van der Waals surface area contributed by atoms with Gasteiger partial charge in [-0.15, -0.1) is 0 Å². The molecule has 0 saturated carbocycles. The van der Waals surface area contributed by atoms with Gasteiger partial charge in [-0.3, -0.25) is 20.2 Å². The van der Waals surface area contributed by atoms with Gasteiger partial charge in [0.25, 0.3) is 0 Å². The number of ether oxygens (including phenoxy) is 5. The number of nitrogens with one attached hydrogen (secondary N) is 3. The maximum atomic E-state index is 12.7. The van der Waals surface area contributed by atoms with Gasteiger partial charge >= 0.3 is 30.2 Å². The summed E-state index contributed by atoms with van der Waals surface area (Å²) in [4.78, 5) is 71.0. The zero-order valence-electron chi connectivity index (χ0n) is 38.7. The Morgan fingerprint density at radius 1 is 0.627 bits per heavy atom. The van der Waals surface area contributed by atoms with Crippen molar-refractivity contribution in [2.24, 2.45) is 0 Å². The molecule has 0 bridgehead atoms. The number of amides is 3. The van der Waals surface area contributed by atoms with Crippen molar-refractivity contribution in [2.45, 2.75) is 91.7 Å². The first-order valence-corrected chi connectivity index (χ1v) is 20.0. The van der Waals surface area contributed by atoms with Crippen molar-refractivity contribution in [2.75, 3.05) is 37.9 Å². The molecule has 2 heterocycles. The smallest absolute Gasteiger partial charge is 0.412 e. The molecule has 2 atom stereocenters. The second-order valence-corrected chi connectivity index (χ2v) is 16.2. The summed E-state index contributed by atoms with van der Waals surface area (Å²) in [5, 5.41) is 11.9. The summed E-state index contributed by atoms with van der Waals surface area (Å²) in [6.07, 6.45) is 1.20. The predicted molar refractivity (Wildman–Crippen MR) is 269 cm³/mol. The van der Waals surface area contributed by atoms with E-state index in [4.69, 9.17) is 23.7 Å². The summed E-state index contributed by atoms with van der Waals surface area (Å²) in [6, 6.07) is 26.9. The number of hydrogen-bond acceptors (Lipinski definition) is 13. The molecule has 0 fully saturated rings. The number of anilines is 2. The average Bonchev–Trinajstić information content (AvgIpc) is 3.22. The van der Waals surface area contributed by atoms with Gasteiger partial charge in [0.1, 0.15) is 42.7 Å². The van der Waals surface area contributed by atoms with Crippen molar-refractivity contribution in [3.63, 3.8) is 0 Å². The molecular weight excluding hydrogens is 991 g/mol. The van der Waals surface area contributed by atoms with Gasteiger partial charge in [0.2, 0.25) is 0 Å². The molecule has 16 nitrogen and oxygen atoms in total. The summed E-state index contributed by atoms with van der Waals surface area (Å²) in [7, 11) is 3.18. The van der Waals surface area contributed by atoms with E-state index >= 15 is 0 Å². The van der Waals surface area contributed by atoms with Crippen LogP contribution in [0.25, 0.3) is 21.5 Å². The van der Waals surface area contributed by atoms with Crippen LogP contribution in [0.5, 0.6) is 0 Å². The van der Waals surface area contributed by atoms with Crippen LogP contribution >= 0.6 is 27.0 Å². The van der Waals surface area contributed by atoms with Crippen LogP contribution in [0.3, 0.4) is 0 Å². The third-order valence-electron chi connectivity index (χ3n) is 8.65. The minimum atomic E-state index is -0.807. The number of rotatable bonds is 14. The maximum Gasteiger partial charge on any atom is 0.412 e. The topological polar surface area (TPSA) is 197 Å². The van der Waals surface area contributed by atoms with Gasteiger partial charge in [0, 0.05) is 50.6 Å². The number of carbonyl (C=O) groups excluding carboxylic acids is 5. The van der Waals surface area contributed by atoms with Gasteiger partial charge < -0.3 is 41.3 Å². The fourth-order valence-corrected chi connectivity index (χ4v) is 5.62. The van der Waals surface area contributed by atoms with Crippen LogP contribution in [0.15, 0.2) is 103 Å². The third kappa shape index (κ3) is 23.7. The number of esters is 2. The normalized spacial score (nSPS) is 11.2. The molecule has 0 aliphatic carbocycles. The Labute approximate surface area is 422 Å². The molecule has 0 aliphatic heterocycles. The quantitative estimate of drug-likeness (QED) is 0.0412. The van der Waals surface area contributed by atoms with E-state index in [0.29, 0.717) is 11.6 Å². The number of benzene rings is 3. The van der Waals surface area contributed by atoms with Gasteiger partial charge in [-0.1, -0.05) is 86.3 Å². The molecule has 0 unspecified atom stereocenters. The molecule has 5 rings (SSSR count). The number of carbonyl (C=O) groups is 5. The average molecular weight is 1060 g/mol. The largest absolute Gasteiger partial charge is 0.460 e. The SMILES string of the molecule is C.CN(C(=O)OCc1ccccc1)[C@H](COC(=O)Nc1cc2ccccc2cn1)CC(=O)OC(C)(C)C.CN[C@H](COC(=O)Nc1cc2ccccc2cn1)CC(=O)OC(C)(C)C.S.S.[CH3-].[Pd]. The Kier molecular flexibility index (Phi) is 29.2. The number of hydrogen-bond donors (Lipinski definition) is 3. The molecule has 5 aromatic rings. The molecule has 3 aromatic carbocycles.